The van der Waals surface area contributed by atoms with Crippen molar-refractivity contribution in [1.82, 2.24) is 0 Å². The van der Waals surface area contributed by atoms with Crippen molar-refractivity contribution < 1.29 is 10.6 Å². The summed E-state index contributed by atoms with van der Waals surface area (Å²) in [7, 11) is 1.00. The zero-order valence-electron chi connectivity index (χ0n) is 1.95. The van der Waals surface area contributed by atoms with Gasteiger partial charge in [0.05, 0.1) is 0 Å². The molecule has 0 saturated carbocycles. The minimum atomic E-state index is 0. The first-order valence-electron chi connectivity index (χ1n) is 0.447. The summed E-state index contributed by atoms with van der Waals surface area (Å²) in [6, 6.07) is 0. The highest BCUT2D eigenvalue weighted by molar-refractivity contribution is 3.18. The summed E-state index contributed by atoms with van der Waals surface area (Å²) in [5.74, 6) is 0. The second-order valence-electron chi connectivity index (χ2n) is 0. The van der Waals surface area contributed by atoms with Gasteiger partial charge in [0, 0.05) is 7.11 Å². The van der Waals surface area contributed by atoms with Crippen LogP contribution in [0, 0.1) is 0 Å². The van der Waals surface area contributed by atoms with Gasteiger partial charge in [-0.25, -0.2) is 0 Å². The number of rotatable bonds is 0. The van der Waals surface area contributed by atoms with E-state index in [1.807, 2.05) is 0 Å². The summed E-state index contributed by atoms with van der Waals surface area (Å²) in [5, 5.41) is 7.00. The maximum atomic E-state index is 7.00. The largest absolute Gasteiger partial charge is 0.412 e. The molecular formula is C2H10O2. The average Bonchev–Trinajstić information content (AvgIpc) is 1.00. The summed E-state index contributed by atoms with van der Waals surface area (Å²) in [6.07, 6.45) is 0. The number of hydrogen-bond donors (Lipinski definition) is 1. The highest BCUT2D eigenvalue weighted by atomic mass is 16.2. The minimum Gasteiger partial charge on any atom is -0.412 e. The molecule has 0 radical (unpaired) electrons. The van der Waals surface area contributed by atoms with E-state index in [1.165, 1.54) is 0 Å². The predicted octanol–water partition coefficient (Wildman–Crippen LogP) is -0.580. The zero-order chi connectivity index (χ0) is 2.00. The third kappa shape index (κ3) is 254. The van der Waals surface area contributed by atoms with Crippen LogP contribution in [0.3, 0.4) is 0 Å². The van der Waals surface area contributed by atoms with E-state index in [2.05, 4.69) is 0 Å². The van der Waals surface area contributed by atoms with Gasteiger partial charge in [0.2, 0.25) is 0 Å². The Morgan fingerprint density at radius 3 is 1.25 bits per heavy atom. The molecule has 0 aliphatic heterocycles. The number of aliphatic hydroxyl groups is 1. The summed E-state index contributed by atoms with van der Waals surface area (Å²) < 4.78 is 0. The second kappa shape index (κ2) is 1680. The van der Waals surface area contributed by atoms with E-state index in [0.29, 0.717) is 0 Å². The maximum absolute atomic E-state index is 7.00. The van der Waals surface area contributed by atoms with Crippen molar-refractivity contribution in [2.24, 2.45) is 0 Å². The first kappa shape index (κ1) is 39.5. The van der Waals surface area contributed by atoms with E-state index in [4.69, 9.17) is 5.11 Å². The van der Waals surface area contributed by atoms with Crippen molar-refractivity contribution in [1.29, 1.82) is 0 Å². The molecular weight excluding hydrogens is 55.0 g/mol. The van der Waals surface area contributed by atoms with E-state index >= 15 is 0 Å². The van der Waals surface area contributed by atoms with Crippen molar-refractivity contribution >= 4 is 0 Å². The standard InChI is InChI=1S/CH4O.CH4.H2O/c1-2;;/h2H,1H3;1H4;1H2/i1-1;;. The van der Waals surface area contributed by atoms with Crippen molar-refractivity contribution in [3.63, 3.8) is 0 Å². The van der Waals surface area contributed by atoms with E-state index in [1.54, 1.807) is 0 Å². The lowest BCUT2D eigenvalue weighted by molar-refractivity contribution is 0.399. The minimum absolute atomic E-state index is 0. The fourth-order valence-electron chi connectivity index (χ4n) is 0. The summed E-state index contributed by atoms with van der Waals surface area (Å²) in [5.41, 5.74) is 0. The van der Waals surface area contributed by atoms with Crippen LogP contribution in [0.1, 0.15) is 7.43 Å². The number of aliphatic hydroxyl groups excluding tert-OH is 1. The zero-order valence-corrected chi connectivity index (χ0v) is 1.95. The lowest BCUT2D eigenvalue weighted by atomic mass is 10.8. The Bertz CT molecular complexity index is 4.00. The molecule has 0 saturated heterocycles. The van der Waals surface area contributed by atoms with E-state index in [0.717, 1.165) is 7.11 Å². The molecule has 3 N–H and O–H groups in total. The molecule has 0 bridgehead atoms. The van der Waals surface area contributed by atoms with Crippen LogP contribution in [-0.2, 0) is 0 Å². The van der Waals surface area contributed by atoms with Gasteiger partial charge in [-0.1, -0.05) is 7.43 Å². The quantitative estimate of drug-likeness (QED) is 0.403. The molecule has 0 aliphatic carbocycles. The Hall–Kier alpha value is -0.0800. The Morgan fingerprint density at radius 1 is 1.25 bits per heavy atom. The summed E-state index contributed by atoms with van der Waals surface area (Å²) in [4.78, 5) is 0. The van der Waals surface area contributed by atoms with Crippen LogP contribution < -0.4 is 0 Å². The fraction of sp³-hybridized carbons (Fsp3) is 1.00. The molecule has 0 aliphatic rings. The van der Waals surface area contributed by atoms with Crippen LogP contribution in [0.4, 0.5) is 0 Å². The van der Waals surface area contributed by atoms with Crippen LogP contribution in [0.15, 0.2) is 0 Å². The summed E-state index contributed by atoms with van der Waals surface area (Å²) >= 11 is 0. The van der Waals surface area contributed by atoms with Crippen molar-refractivity contribution in [2.75, 3.05) is 7.11 Å². The Labute approximate surface area is 26.4 Å². The van der Waals surface area contributed by atoms with Gasteiger partial charge in [-0.2, -0.15) is 0 Å². The first-order chi connectivity index (χ1) is 1.00. The Kier molecular flexibility index (Phi) is 16600. The molecule has 0 aromatic rings. The summed E-state index contributed by atoms with van der Waals surface area (Å²) in [6.45, 7) is 0. The van der Waals surface area contributed by atoms with Gasteiger partial charge in [-0.15, -0.1) is 0 Å². The lowest BCUT2D eigenvalue weighted by Crippen LogP contribution is -1.25. The highest BCUT2D eigenvalue weighted by Gasteiger charge is 0.839. The van der Waals surface area contributed by atoms with Gasteiger partial charge in [0.25, 0.3) is 0 Å². The van der Waals surface area contributed by atoms with Gasteiger partial charge >= 0.3 is 0 Å². The Morgan fingerprint density at radius 2 is 1.25 bits per heavy atom. The average molecular weight is 65.1 g/mol. The third-order valence-electron chi connectivity index (χ3n) is 0. The van der Waals surface area contributed by atoms with Crippen LogP contribution in [0.2, 0.25) is 0 Å². The van der Waals surface area contributed by atoms with Gasteiger partial charge < -0.3 is 10.6 Å². The van der Waals surface area contributed by atoms with Crippen molar-refractivity contribution in [2.45, 2.75) is 7.43 Å². The van der Waals surface area contributed by atoms with Crippen molar-refractivity contribution in [3.8, 4) is 0 Å². The third-order valence-corrected chi connectivity index (χ3v) is 0. The molecule has 0 spiro atoms. The van der Waals surface area contributed by atoms with E-state index in [-0.39, 0.29) is 12.9 Å². The molecule has 4 heavy (non-hydrogen) atoms. The van der Waals surface area contributed by atoms with Crippen LogP contribution >= 0.6 is 0 Å². The smallest absolute Gasteiger partial charge is 0.0319 e. The van der Waals surface area contributed by atoms with E-state index < -0.39 is 0 Å². The molecule has 0 aromatic carbocycles. The van der Waals surface area contributed by atoms with Crippen molar-refractivity contribution in [3.05, 3.63) is 0 Å². The first-order valence-corrected chi connectivity index (χ1v) is 0.447. The molecule has 0 unspecified atom stereocenters. The molecule has 0 atom stereocenters. The monoisotopic (exact) mass is 65.1 g/mol. The SMILES string of the molecule is C.O.[11CH3]O. The molecule has 0 aromatic heterocycles. The van der Waals surface area contributed by atoms with Gasteiger partial charge in [0.15, 0.2) is 0 Å². The fourth-order valence-corrected chi connectivity index (χ4v) is 0. The molecule has 0 fully saturated rings. The van der Waals surface area contributed by atoms with Crippen LogP contribution in [0.5, 0.6) is 0 Å². The number of hydrogen-bond acceptors (Lipinski definition) is 1. The van der Waals surface area contributed by atoms with Crippen LogP contribution in [-0.4, -0.2) is 17.7 Å². The molecule has 2 nitrogen and oxygen atoms in total. The predicted molar refractivity (Wildman–Crippen MR) is 18.5 cm³/mol. The van der Waals surface area contributed by atoms with E-state index in [9.17, 15) is 0 Å². The maximum Gasteiger partial charge on any atom is 0.0319 e. The highest BCUT2D eigenvalue weighted by Crippen LogP contribution is 0.755. The molecule has 0 rings (SSSR count). The Balaban J connectivity index is -0.00000000500. The van der Waals surface area contributed by atoms with Gasteiger partial charge in [-0.3, -0.25) is 0 Å². The van der Waals surface area contributed by atoms with Gasteiger partial charge in [-0.05, 0) is 0 Å². The molecule has 0 amide bonds. The molecule has 30 valence electrons. The molecule has 0 heterocycles. The van der Waals surface area contributed by atoms with Crippen LogP contribution in [0.25, 0.3) is 0 Å². The lowest BCUT2D eigenvalue weighted by Gasteiger charge is -1.21. The topological polar surface area (TPSA) is 51.7 Å². The van der Waals surface area contributed by atoms with Gasteiger partial charge in [0.1, 0.15) is 0 Å². The second-order valence-corrected chi connectivity index (χ2v) is 0. The molecule has 2 heteroatoms. The normalized spacial score (nSPS) is 1.50.